The van der Waals surface area contributed by atoms with Crippen LogP contribution in [0.4, 0.5) is 0 Å². The number of hydrogen-bond acceptors (Lipinski definition) is 4. The highest BCUT2D eigenvalue weighted by molar-refractivity contribution is 7.89. The van der Waals surface area contributed by atoms with Gasteiger partial charge in [-0.25, -0.2) is 8.42 Å². The van der Waals surface area contributed by atoms with E-state index < -0.39 is 16.1 Å². The zero-order valence-electron chi connectivity index (χ0n) is 13.0. The third-order valence-electron chi connectivity index (χ3n) is 3.87. The molecular weight excluding hydrogens is 326 g/mol. The Bertz CT molecular complexity index is 645. The number of hydrogen-bond donors (Lipinski definition) is 1. The highest BCUT2D eigenvalue weighted by Gasteiger charge is 2.35. The summed E-state index contributed by atoms with van der Waals surface area (Å²) in [7, 11) is -2.16. The maximum Gasteiger partial charge on any atom is 0.243 e. The van der Waals surface area contributed by atoms with Crippen molar-refractivity contribution in [2.75, 3.05) is 20.2 Å². The van der Waals surface area contributed by atoms with E-state index in [1.165, 1.54) is 23.5 Å². The first-order chi connectivity index (χ1) is 10.2. The molecule has 0 radical (unpaired) electrons. The first-order valence-corrected chi connectivity index (χ1v) is 8.99. The third-order valence-corrected chi connectivity index (χ3v) is 6.00. The van der Waals surface area contributed by atoms with Gasteiger partial charge in [0, 0.05) is 13.1 Å². The first kappa shape index (κ1) is 17.5. The van der Waals surface area contributed by atoms with Gasteiger partial charge in [0.2, 0.25) is 10.0 Å². The predicted molar refractivity (Wildman–Crippen MR) is 85.8 cm³/mol. The monoisotopic (exact) mass is 347 g/mol. The fraction of sp³-hybridized carbons (Fsp3) is 0.600. The largest absolute Gasteiger partial charge is 0.495 e. The van der Waals surface area contributed by atoms with Gasteiger partial charge in [0.1, 0.15) is 5.75 Å². The van der Waals surface area contributed by atoms with Gasteiger partial charge in [-0.15, -0.1) is 0 Å². The van der Waals surface area contributed by atoms with E-state index in [4.69, 9.17) is 16.3 Å². The average molecular weight is 348 g/mol. The van der Waals surface area contributed by atoms with Crippen molar-refractivity contribution >= 4 is 21.6 Å². The summed E-state index contributed by atoms with van der Waals surface area (Å²) in [5, 5.41) is 10.2. The molecule has 1 aliphatic rings. The summed E-state index contributed by atoms with van der Waals surface area (Å²) in [6, 6.07) is 4.45. The summed E-state index contributed by atoms with van der Waals surface area (Å²) >= 11 is 6.04. The van der Waals surface area contributed by atoms with Gasteiger partial charge in [-0.05, 0) is 36.5 Å². The first-order valence-electron chi connectivity index (χ1n) is 7.17. The lowest BCUT2D eigenvalue weighted by Gasteiger charge is -2.29. The summed E-state index contributed by atoms with van der Waals surface area (Å²) in [6.45, 7) is 4.60. The number of aliphatic hydroxyl groups is 1. The SMILES string of the molecule is COc1ccc(S(=O)(=O)N2CCC(O)CC(C)(C)C2)cc1Cl. The molecule has 1 atom stereocenters. The normalized spacial score (nSPS) is 23.0. The molecule has 0 spiro atoms. The van der Waals surface area contributed by atoms with E-state index in [0.29, 0.717) is 31.7 Å². The van der Waals surface area contributed by atoms with Gasteiger partial charge in [0.25, 0.3) is 0 Å². The molecule has 2 rings (SSSR count). The van der Waals surface area contributed by atoms with Gasteiger partial charge in [-0.2, -0.15) is 4.31 Å². The molecule has 7 heteroatoms. The Morgan fingerprint density at radius 3 is 2.68 bits per heavy atom. The van der Waals surface area contributed by atoms with Crippen molar-refractivity contribution in [3.8, 4) is 5.75 Å². The van der Waals surface area contributed by atoms with E-state index in [1.807, 2.05) is 13.8 Å². The van der Waals surface area contributed by atoms with Crippen LogP contribution in [0.5, 0.6) is 5.75 Å². The van der Waals surface area contributed by atoms with Gasteiger partial charge in [-0.3, -0.25) is 0 Å². The zero-order valence-corrected chi connectivity index (χ0v) is 14.6. The Morgan fingerprint density at radius 1 is 1.41 bits per heavy atom. The van der Waals surface area contributed by atoms with E-state index in [-0.39, 0.29) is 15.3 Å². The summed E-state index contributed by atoms with van der Waals surface area (Å²) < 4.78 is 32.1. The third kappa shape index (κ3) is 3.74. The standard InChI is InChI=1S/C15H22ClNO4S/c1-15(2)9-11(18)6-7-17(10-15)22(19,20)12-4-5-14(21-3)13(16)8-12/h4-5,8,11,18H,6-7,9-10H2,1-3H3. The van der Waals surface area contributed by atoms with Crippen LogP contribution in [-0.2, 0) is 10.0 Å². The topological polar surface area (TPSA) is 66.8 Å². The number of methoxy groups -OCH3 is 1. The number of sulfonamides is 1. The molecule has 22 heavy (non-hydrogen) atoms. The van der Waals surface area contributed by atoms with Crippen molar-refractivity contribution in [2.45, 2.75) is 37.7 Å². The molecule has 1 aromatic carbocycles. The fourth-order valence-corrected chi connectivity index (χ4v) is 4.81. The van der Waals surface area contributed by atoms with Gasteiger partial charge in [-0.1, -0.05) is 25.4 Å². The van der Waals surface area contributed by atoms with Crippen LogP contribution in [0.3, 0.4) is 0 Å². The number of ether oxygens (including phenoxy) is 1. The maximum absolute atomic E-state index is 12.8. The van der Waals surface area contributed by atoms with E-state index >= 15 is 0 Å². The Balaban J connectivity index is 2.35. The van der Waals surface area contributed by atoms with Crippen molar-refractivity contribution in [3.63, 3.8) is 0 Å². The second kappa shape index (κ2) is 6.35. The van der Waals surface area contributed by atoms with Crippen LogP contribution in [-0.4, -0.2) is 44.1 Å². The van der Waals surface area contributed by atoms with Gasteiger partial charge in [0.15, 0.2) is 0 Å². The van der Waals surface area contributed by atoms with Crippen LogP contribution >= 0.6 is 11.6 Å². The second-order valence-corrected chi connectivity index (χ2v) is 8.79. The van der Waals surface area contributed by atoms with Crippen LogP contribution in [0.15, 0.2) is 23.1 Å². The summed E-state index contributed by atoms with van der Waals surface area (Å²) in [5.41, 5.74) is -0.279. The number of rotatable bonds is 3. The smallest absolute Gasteiger partial charge is 0.243 e. The highest BCUT2D eigenvalue weighted by Crippen LogP contribution is 2.33. The Hall–Kier alpha value is -0.820. The average Bonchev–Trinajstić information content (AvgIpc) is 2.56. The molecule has 1 N–H and O–H groups in total. The highest BCUT2D eigenvalue weighted by atomic mass is 35.5. The molecule has 0 amide bonds. The zero-order chi connectivity index (χ0) is 16.5. The lowest BCUT2D eigenvalue weighted by Crippen LogP contribution is -2.37. The minimum atomic E-state index is -3.65. The predicted octanol–water partition coefficient (Wildman–Crippen LogP) is 2.52. The lowest BCUT2D eigenvalue weighted by atomic mass is 9.87. The van der Waals surface area contributed by atoms with E-state index in [1.54, 1.807) is 6.07 Å². The number of nitrogens with zero attached hydrogens (tertiary/aromatic N) is 1. The number of benzene rings is 1. The van der Waals surface area contributed by atoms with E-state index in [9.17, 15) is 13.5 Å². The Morgan fingerprint density at radius 2 is 2.09 bits per heavy atom. The molecule has 1 saturated heterocycles. The van der Waals surface area contributed by atoms with Gasteiger partial charge in [0.05, 0.1) is 23.1 Å². The molecule has 0 aromatic heterocycles. The Kier molecular flexibility index (Phi) is 5.06. The van der Waals surface area contributed by atoms with Crippen LogP contribution in [0.1, 0.15) is 26.7 Å². The minimum Gasteiger partial charge on any atom is -0.495 e. The molecule has 1 heterocycles. The maximum atomic E-state index is 12.8. The van der Waals surface area contributed by atoms with Crippen LogP contribution in [0, 0.1) is 5.41 Å². The molecule has 5 nitrogen and oxygen atoms in total. The van der Waals surface area contributed by atoms with Gasteiger partial charge >= 0.3 is 0 Å². The van der Waals surface area contributed by atoms with E-state index in [0.717, 1.165) is 0 Å². The number of halogens is 1. The van der Waals surface area contributed by atoms with Crippen molar-refractivity contribution in [1.82, 2.24) is 4.31 Å². The summed E-state index contributed by atoms with van der Waals surface area (Å²) in [5.74, 6) is 0.437. The minimum absolute atomic E-state index is 0.144. The van der Waals surface area contributed by atoms with Gasteiger partial charge < -0.3 is 9.84 Å². The van der Waals surface area contributed by atoms with Crippen LogP contribution in [0.25, 0.3) is 0 Å². The second-order valence-electron chi connectivity index (χ2n) is 6.45. The molecule has 1 fully saturated rings. The molecule has 1 aliphatic heterocycles. The molecule has 1 aromatic rings. The van der Waals surface area contributed by atoms with Crippen LogP contribution in [0.2, 0.25) is 5.02 Å². The van der Waals surface area contributed by atoms with Crippen molar-refractivity contribution in [1.29, 1.82) is 0 Å². The van der Waals surface area contributed by atoms with E-state index in [2.05, 4.69) is 0 Å². The molecule has 0 saturated carbocycles. The number of aliphatic hydroxyl groups excluding tert-OH is 1. The quantitative estimate of drug-likeness (QED) is 0.912. The van der Waals surface area contributed by atoms with Crippen molar-refractivity contribution in [2.24, 2.45) is 5.41 Å². The van der Waals surface area contributed by atoms with Crippen molar-refractivity contribution < 1.29 is 18.3 Å². The summed E-state index contributed by atoms with van der Waals surface area (Å²) in [6.07, 6.45) is 0.546. The molecule has 0 bridgehead atoms. The molecule has 0 aliphatic carbocycles. The van der Waals surface area contributed by atoms with Crippen LogP contribution < -0.4 is 4.74 Å². The molecular formula is C15H22ClNO4S. The fourth-order valence-electron chi connectivity index (χ4n) is 2.82. The lowest BCUT2D eigenvalue weighted by molar-refractivity contribution is 0.122. The molecule has 124 valence electrons. The molecule has 1 unspecified atom stereocenters. The Labute approximate surface area is 136 Å². The van der Waals surface area contributed by atoms with Crippen molar-refractivity contribution in [3.05, 3.63) is 23.2 Å². The summed E-state index contributed by atoms with van der Waals surface area (Å²) in [4.78, 5) is 0.144.